The number of amides is 1. The van der Waals surface area contributed by atoms with E-state index in [0.29, 0.717) is 32.5 Å². The lowest BCUT2D eigenvalue weighted by Gasteiger charge is -2.38. The van der Waals surface area contributed by atoms with Crippen molar-refractivity contribution >= 4 is 16.8 Å². The third-order valence-electron chi connectivity index (χ3n) is 5.67. The molecule has 1 aromatic heterocycles. The van der Waals surface area contributed by atoms with E-state index in [1.807, 2.05) is 24.4 Å². The van der Waals surface area contributed by atoms with Crippen LogP contribution in [0.3, 0.4) is 0 Å². The Morgan fingerprint density at radius 3 is 2.85 bits per heavy atom. The van der Waals surface area contributed by atoms with Crippen molar-refractivity contribution < 1.29 is 13.9 Å². The van der Waals surface area contributed by atoms with Crippen molar-refractivity contribution in [2.45, 2.75) is 37.9 Å². The monoisotopic (exact) mass is 359 g/mol. The van der Waals surface area contributed by atoms with E-state index in [9.17, 15) is 4.79 Å². The van der Waals surface area contributed by atoms with E-state index in [0.717, 1.165) is 41.6 Å². The number of piperidine rings is 1. The number of halogens is 1. The van der Waals surface area contributed by atoms with Crippen LogP contribution in [0.5, 0.6) is 5.75 Å². The summed E-state index contributed by atoms with van der Waals surface area (Å²) in [5.41, 5.74) is 0.404. The van der Waals surface area contributed by atoms with Crippen LogP contribution >= 0.6 is 0 Å². The van der Waals surface area contributed by atoms with Crippen LogP contribution in [0.1, 0.15) is 31.2 Å². The molecule has 2 aromatic rings. The fourth-order valence-corrected chi connectivity index (χ4v) is 4.26. The lowest BCUT2D eigenvalue weighted by atomic mass is 9.92. The summed E-state index contributed by atoms with van der Waals surface area (Å²) in [5, 5.41) is 1.09. The number of methoxy groups -OCH3 is 1. The lowest BCUT2D eigenvalue weighted by Crippen LogP contribution is -2.54. The Hall–Kier alpha value is -2.08. The van der Waals surface area contributed by atoms with E-state index in [1.54, 1.807) is 12.0 Å². The fourth-order valence-electron chi connectivity index (χ4n) is 4.26. The van der Waals surface area contributed by atoms with Crippen molar-refractivity contribution in [3.63, 3.8) is 0 Å². The molecule has 0 unspecified atom stereocenters. The summed E-state index contributed by atoms with van der Waals surface area (Å²) < 4.78 is 20.8. The van der Waals surface area contributed by atoms with Gasteiger partial charge in [0, 0.05) is 43.3 Å². The van der Waals surface area contributed by atoms with Crippen molar-refractivity contribution in [3.8, 4) is 5.75 Å². The molecule has 2 aliphatic heterocycles. The maximum Gasteiger partial charge on any atom is 0.261 e. The number of likely N-dealkylation sites (tertiary alicyclic amines) is 2. The van der Waals surface area contributed by atoms with Gasteiger partial charge in [0.2, 0.25) is 5.67 Å². The number of benzene rings is 1. The van der Waals surface area contributed by atoms with Crippen LogP contribution in [0.15, 0.2) is 24.4 Å². The highest BCUT2D eigenvalue weighted by atomic mass is 19.1. The molecule has 0 bridgehead atoms. The number of alkyl halides is 1. The molecular weight excluding hydrogens is 333 g/mol. The van der Waals surface area contributed by atoms with E-state index in [-0.39, 0.29) is 12.5 Å². The Bertz CT molecular complexity index is 799. The normalized spacial score (nSPS) is 24.3. The number of carbonyl (C=O) groups excluding carboxylic acids is 1. The van der Waals surface area contributed by atoms with Crippen molar-refractivity contribution in [3.05, 3.63) is 30.0 Å². The van der Waals surface area contributed by atoms with Crippen LogP contribution in [0.4, 0.5) is 4.39 Å². The molecule has 2 aliphatic rings. The molecule has 1 N–H and O–H groups in total. The predicted octanol–water partition coefficient (Wildman–Crippen LogP) is 3.10. The highest BCUT2D eigenvalue weighted by Gasteiger charge is 2.45. The van der Waals surface area contributed by atoms with E-state index < -0.39 is 5.67 Å². The van der Waals surface area contributed by atoms with Gasteiger partial charge < -0.3 is 14.6 Å². The van der Waals surface area contributed by atoms with Crippen molar-refractivity contribution in [1.29, 1.82) is 0 Å². The molecule has 4 rings (SSSR count). The Labute approximate surface area is 153 Å². The maximum absolute atomic E-state index is 15.5. The zero-order chi connectivity index (χ0) is 18.1. The number of fused-ring (bicyclic) bond motifs is 1. The minimum absolute atomic E-state index is 0.180. The van der Waals surface area contributed by atoms with Gasteiger partial charge in [0.05, 0.1) is 7.11 Å². The van der Waals surface area contributed by atoms with Crippen molar-refractivity contribution in [1.82, 2.24) is 14.8 Å². The number of aromatic nitrogens is 1. The summed E-state index contributed by atoms with van der Waals surface area (Å²) in [6.45, 7) is 3.03. The standard InChI is InChI=1S/C20H26FN3O2/c1-26-16-5-6-18-17(11-16)15(12-22-18)13-23-8-4-7-20(21,14-23)19(25)24-9-2-3-10-24/h5-6,11-12,22H,2-4,7-10,13-14H2,1H3/t20-/m0/s1. The number of carbonyl (C=O) groups is 1. The van der Waals surface area contributed by atoms with Gasteiger partial charge in [0.15, 0.2) is 0 Å². The molecule has 0 saturated carbocycles. The Balaban J connectivity index is 1.51. The van der Waals surface area contributed by atoms with Gasteiger partial charge in [-0.3, -0.25) is 9.69 Å². The molecule has 0 radical (unpaired) electrons. The van der Waals surface area contributed by atoms with Crippen LogP contribution in [0, 0.1) is 0 Å². The minimum atomic E-state index is -1.74. The lowest BCUT2D eigenvalue weighted by molar-refractivity contribution is -0.147. The second-order valence-electron chi connectivity index (χ2n) is 7.50. The van der Waals surface area contributed by atoms with Crippen LogP contribution < -0.4 is 4.74 Å². The molecule has 1 aromatic carbocycles. The van der Waals surface area contributed by atoms with Crippen LogP contribution in [0.2, 0.25) is 0 Å². The number of nitrogens with zero attached hydrogens (tertiary/aromatic N) is 2. The Morgan fingerprint density at radius 1 is 1.27 bits per heavy atom. The summed E-state index contributed by atoms with van der Waals surface area (Å²) in [5.74, 6) is 0.501. The first-order valence-electron chi connectivity index (χ1n) is 9.44. The van der Waals surface area contributed by atoms with Gasteiger partial charge in [-0.2, -0.15) is 0 Å². The molecule has 3 heterocycles. The van der Waals surface area contributed by atoms with Crippen LogP contribution in [-0.4, -0.2) is 59.6 Å². The number of aromatic amines is 1. The number of hydrogen-bond donors (Lipinski definition) is 1. The second kappa shape index (κ2) is 6.91. The molecule has 5 nitrogen and oxygen atoms in total. The first-order valence-corrected chi connectivity index (χ1v) is 9.44. The fraction of sp³-hybridized carbons (Fsp3) is 0.550. The quantitative estimate of drug-likeness (QED) is 0.913. The molecule has 140 valence electrons. The summed E-state index contributed by atoms with van der Waals surface area (Å²) in [7, 11) is 1.65. The van der Waals surface area contributed by atoms with Gasteiger partial charge in [-0.15, -0.1) is 0 Å². The molecule has 1 atom stereocenters. The predicted molar refractivity (Wildman–Crippen MR) is 99.0 cm³/mol. The molecule has 0 aliphatic carbocycles. The van der Waals surface area contributed by atoms with Gasteiger partial charge >= 0.3 is 0 Å². The average molecular weight is 359 g/mol. The van der Waals surface area contributed by atoms with E-state index in [2.05, 4.69) is 9.88 Å². The Kier molecular flexibility index (Phi) is 4.61. The maximum atomic E-state index is 15.5. The summed E-state index contributed by atoms with van der Waals surface area (Å²) in [6, 6.07) is 5.91. The van der Waals surface area contributed by atoms with Gasteiger partial charge in [-0.1, -0.05) is 0 Å². The second-order valence-corrected chi connectivity index (χ2v) is 7.50. The number of H-pyrrole nitrogens is 1. The first-order chi connectivity index (χ1) is 12.6. The molecular formula is C20H26FN3O2. The largest absolute Gasteiger partial charge is 0.497 e. The number of nitrogens with one attached hydrogen (secondary N) is 1. The number of hydrogen-bond acceptors (Lipinski definition) is 3. The smallest absolute Gasteiger partial charge is 0.261 e. The van der Waals surface area contributed by atoms with Crippen LogP contribution in [0.25, 0.3) is 10.9 Å². The molecule has 26 heavy (non-hydrogen) atoms. The van der Waals surface area contributed by atoms with Gasteiger partial charge in [-0.25, -0.2) is 4.39 Å². The highest BCUT2D eigenvalue weighted by molar-refractivity contribution is 5.86. The summed E-state index contributed by atoms with van der Waals surface area (Å²) in [4.78, 5) is 19.7. The van der Waals surface area contributed by atoms with E-state index in [1.165, 1.54) is 0 Å². The molecule has 2 saturated heterocycles. The number of rotatable bonds is 4. The zero-order valence-electron chi connectivity index (χ0n) is 15.3. The summed E-state index contributed by atoms with van der Waals surface area (Å²) in [6.07, 6.45) is 4.99. The molecule has 2 fully saturated rings. The summed E-state index contributed by atoms with van der Waals surface area (Å²) >= 11 is 0. The highest BCUT2D eigenvalue weighted by Crippen LogP contribution is 2.31. The van der Waals surface area contributed by atoms with E-state index in [4.69, 9.17) is 4.74 Å². The topological polar surface area (TPSA) is 48.6 Å². The molecule has 6 heteroatoms. The van der Waals surface area contributed by atoms with Crippen molar-refractivity contribution in [2.24, 2.45) is 0 Å². The average Bonchev–Trinajstić information content (AvgIpc) is 3.31. The zero-order valence-corrected chi connectivity index (χ0v) is 15.3. The molecule has 1 amide bonds. The van der Waals surface area contributed by atoms with Gasteiger partial charge in [0.1, 0.15) is 5.75 Å². The third kappa shape index (κ3) is 3.18. The molecule has 0 spiro atoms. The minimum Gasteiger partial charge on any atom is -0.497 e. The van der Waals surface area contributed by atoms with E-state index >= 15 is 4.39 Å². The number of ether oxygens (including phenoxy) is 1. The first kappa shape index (κ1) is 17.3. The van der Waals surface area contributed by atoms with Gasteiger partial charge in [-0.05, 0) is 56.0 Å². The van der Waals surface area contributed by atoms with Crippen molar-refractivity contribution in [2.75, 3.05) is 33.3 Å². The van der Waals surface area contributed by atoms with Crippen LogP contribution in [-0.2, 0) is 11.3 Å². The SMILES string of the molecule is COc1ccc2[nH]cc(CN3CCC[C@@](F)(C(=O)N4CCCC4)C3)c2c1. The third-order valence-corrected chi connectivity index (χ3v) is 5.67. The Morgan fingerprint density at radius 2 is 2.08 bits per heavy atom. The van der Waals surface area contributed by atoms with Gasteiger partial charge in [0.25, 0.3) is 5.91 Å².